The van der Waals surface area contributed by atoms with E-state index in [0.29, 0.717) is 17.4 Å². The van der Waals surface area contributed by atoms with Gasteiger partial charge < -0.3 is 27.9 Å². The molecule has 7 nitrogen and oxygen atoms in total. The lowest BCUT2D eigenvalue weighted by Gasteiger charge is -2.31. The van der Waals surface area contributed by atoms with Crippen molar-refractivity contribution >= 4 is 24.5 Å². The Bertz CT molecular complexity index is 612. The summed E-state index contributed by atoms with van der Waals surface area (Å²) in [5, 5.41) is 0. The van der Waals surface area contributed by atoms with E-state index in [1.807, 2.05) is 21.1 Å². The van der Waals surface area contributed by atoms with Crippen LogP contribution < -0.4 is 4.89 Å². The van der Waals surface area contributed by atoms with E-state index in [2.05, 4.69) is 19.1 Å². The first kappa shape index (κ1) is 35.7. The minimum atomic E-state index is -3.59. The average Bonchev–Trinajstić information content (AvgIpc) is 2.80. The fourth-order valence-corrected chi connectivity index (χ4v) is 4.56. The number of methoxy groups -OCH3 is 1. The Morgan fingerprint density at radius 1 is 0.889 bits per heavy atom. The molecule has 0 aromatic carbocycles. The van der Waals surface area contributed by atoms with E-state index in [-0.39, 0.29) is 25.8 Å². The van der Waals surface area contributed by atoms with Crippen molar-refractivity contribution in [3.8, 4) is 0 Å². The van der Waals surface area contributed by atoms with E-state index in [0.717, 1.165) is 25.7 Å². The molecule has 0 fully saturated rings. The normalized spacial score (nSPS) is 14.7. The van der Waals surface area contributed by atoms with Crippen molar-refractivity contribution in [2.75, 3.05) is 54.6 Å². The molecule has 214 valence electrons. The number of unbranched alkanes of at least 4 members (excludes halogenated alkanes) is 11. The van der Waals surface area contributed by atoms with Crippen LogP contribution in [0, 0.1) is 0 Å². The van der Waals surface area contributed by atoms with Crippen molar-refractivity contribution in [3.05, 3.63) is 12.2 Å². The monoisotopic (exact) mass is 551 g/mol. The molecule has 0 radical (unpaired) electrons. The molecular weight excluding hydrogens is 497 g/mol. The van der Waals surface area contributed by atoms with Crippen LogP contribution in [0.25, 0.3) is 0 Å². The third kappa shape index (κ3) is 25.3. The van der Waals surface area contributed by atoms with Crippen LogP contribution in [0.4, 0.5) is 0 Å². The zero-order chi connectivity index (χ0) is 27.1. The molecule has 0 aliphatic heterocycles. The highest BCUT2D eigenvalue weighted by atomic mass is 32.5. The summed E-state index contributed by atoms with van der Waals surface area (Å²) in [5.41, 5.74) is 0. The number of likely N-dealkylation sites (N-methyl/N-ethyl adjacent to an activating group) is 1. The molecule has 0 aliphatic carbocycles. The maximum Gasteiger partial charge on any atom is 0.305 e. The summed E-state index contributed by atoms with van der Waals surface area (Å²) < 4.78 is 21.7. The van der Waals surface area contributed by atoms with Crippen LogP contribution in [0.1, 0.15) is 96.8 Å². The molecule has 9 heteroatoms. The van der Waals surface area contributed by atoms with Crippen molar-refractivity contribution in [3.63, 3.8) is 0 Å². The van der Waals surface area contributed by atoms with Gasteiger partial charge in [-0.3, -0.25) is 4.79 Å². The second-order valence-corrected chi connectivity index (χ2v) is 13.2. The van der Waals surface area contributed by atoms with Crippen LogP contribution in [0.5, 0.6) is 0 Å². The van der Waals surface area contributed by atoms with Crippen LogP contribution in [0.2, 0.25) is 0 Å². The van der Waals surface area contributed by atoms with Crippen molar-refractivity contribution in [2.45, 2.75) is 103 Å². The molecule has 0 bridgehead atoms. The average molecular weight is 552 g/mol. The van der Waals surface area contributed by atoms with Gasteiger partial charge in [0.25, 0.3) is 0 Å². The van der Waals surface area contributed by atoms with Crippen LogP contribution in [0.15, 0.2) is 12.2 Å². The summed E-state index contributed by atoms with van der Waals surface area (Å²) in [7, 11) is 7.50. The van der Waals surface area contributed by atoms with Gasteiger partial charge in [0.2, 0.25) is 0 Å². The van der Waals surface area contributed by atoms with Crippen LogP contribution in [-0.2, 0) is 35.1 Å². The number of nitrogens with zero attached hydrogens (tertiary/aromatic N) is 1. The van der Waals surface area contributed by atoms with Crippen molar-refractivity contribution in [2.24, 2.45) is 0 Å². The van der Waals surface area contributed by atoms with Gasteiger partial charge >= 0.3 is 5.97 Å². The molecule has 0 heterocycles. The second kappa shape index (κ2) is 22.6. The van der Waals surface area contributed by atoms with Crippen molar-refractivity contribution < 1.29 is 32.7 Å². The van der Waals surface area contributed by atoms with E-state index in [1.165, 1.54) is 64.9 Å². The molecule has 0 rings (SSSR count). The lowest BCUT2D eigenvalue weighted by Crippen LogP contribution is -2.37. The number of esters is 1. The summed E-state index contributed by atoms with van der Waals surface area (Å²) >= 11 is 4.92. The number of quaternary nitrogens is 1. The van der Waals surface area contributed by atoms with Crippen molar-refractivity contribution in [1.29, 1.82) is 0 Å². The fraction of sp³-hybridized carbons (Fsp3) is 0.889. The Kier molecular flexibility index (Phi) is 22.4. The van der Waals surface area contributed by atoms with Gasteiger partial charge in [-0.2, -0.15) is 0 Å². The maximum atomic E-state index is 12.2. The number of allylic oxidation sites excluding steroid dienone is 2. The molecule has 2 atom stereocenters. The van der Waals surface area contributed by atoms with E-state index >= 15 is 0 Å². The molecule has 0 aliphatic rings. The first-order valence-corrected chi connectivity index (χ1v) is 16.4. The van der Waals surface area contributed by atoms with Gasteiger partial charge in [0.05, 0.1) is 27.7 Å². The molecule has 0 saturated heterocycles. The quantitative estimate of drug-likeness (QED) is 0.0459. The van der Waals surface area contributed by atoms with Gasteiger partial charge in [-0.1, -0.05) is 82.2 Å². The first-order valence-electron chi connectivity index (χ1n) is 13.8. The molecule has 0 aromatic heterocycles. The largest absolute Gasteiger partial charge is 0.780 e. The number of hydrogen-bond donors (Lipinski definition) is 0. The Morgan fingerprint density at radius 3 is 2.00 bits per heavy atom. The minimum Gasteiger partial charge on any atom is -0.780 e. The van der Waals surface area contributed by atoms with Crippen LogP contribution in [-0.4, -0.2) is 71.2 Å². The molecular formula is C27H54NO6PS. The van der Waals surface area contributed by atoms with Crippen LogP contribution in [0.3, 0.4) is 0 Å². The summed E-state index contributed by atoms with van der Waals surface area (Å²) in [5.74, 6) is -0.254. The highest BCUT2D eigenvalue weighted by Gasteiger charge is 2.15. The highest BCUT2D eigenvalue weighted by Crippen LogP contribution is 2.38. The van der Waals surface area contributed by atoms with Gasteiger partial charge in [-0.25, -0.2) is 0 Å². The van der Waals surface area contributed by atoms with E-state index in [1.54, 1.807) is 0 Å². The summed E-state index contributed by atoms with van der Waals surface area (Å²) in [6.45, 7) is -0.452. The summed E-state index contributed by atoms with van der Waals surface area (Å²) in [6, 6.07) is 0. The van der Waals surface area contributed by atoms with Crippen molar-refractivity contribution in [1.82, 2.24) is 0 Å². The molecule has 0 spiro atoms. The molecule has 36 heavy (non-hydrogen) atoms. The second-order valence-electron chi connectivity index (χ2n) is 10.5. The minimum absolute atomic E-state index is 0.0363. The number of hydrogen-bond acceptors (Lipinski definition) is 7. The smallest absolute Gasteiger partial charge is 0.305 e. The highest BCUT2D eigenvalue weighted by molar-refractivity contribution is 8.06. The zero-order valence-corrected chi connectivity index (χ0v) is 25.4. The molecule has 2 unspecified atom stereocenters. The molecule has 0 saturated carbocycles. The first-order chi connectivity index (χ1) is 17.1. The molecule has 0 aromatic rings. The maximum absolute atomic E-state index is 12.2. The Balaban J connectivity index is 3.71. The fourth-order valence-electron chi connectivity index (χ4n) is 3.42. The number of carbonyl (C=O) groups is 1. The Labute approximate surface area is 226 Å². The number of carbonyl (C=O) groups excluding carboxylic acids is 1. The molecule has 0 N–H and O–H groups in total. The zero-order valence-electron chi connectivity index (χ0n) is 23.7. The Morgan fingerprint density at radius 2 is 1.44 bits per heavy atom. The topological polar surface area (TPSA) is 77.1 Å². The van der Waals surface area contributed by atoms with Gasteiger partial charge in [0, 0.05) is 13.5 Å². The summed E-state index contributed by atoms with van der Waals surface area (Å²) in [4.78, 5) is 24.2. The van der Waals surface area contributed by atoms with E-state index in [4.69, 9.17) is 30.3 Å². The number of ether oxygens (including phenoxy) is 2. The number of rotatable bonds is 25. The predicted molar refractivity (Wildman–Crippen MR) is 150 cm³/mol. The Hall–Kier alpha value is -0.340. The standard InChI is InChI=1S/C27H54NO6PS/c1-6-7-8-9-10-11-12-13-14-15-16-17-18-19-20-21-27(29)32-24-26(31-5)25-34-35(30,36)33-23-22-28(2,3)4/h13-14,26H,6-12,15-25H2,1-5H3/b14-13-. The summed E-state index contributed by atoms with van der Waals surface area (Å²) in [6.07, 6.45) is 20.4. The lowest BCUT2D eigenvalue weighted by molar-refractivity contribution is -0.870. The lowest BCUT2D eigenvalue weighted by atomic mass is 10.1. The molecule has 0 amide bonds. The third-order valence-corrected chi connectivity index (χ3v) is 7.43. The third-order valence-electron chi connectivity index (χ3n) is 5.84. The SMILES string of the molecule is CCCCCCCC/C=C\CCCCCCCC(=O)OCC(COP([O-])(=S)OCC[N+](C)(C)C)OC. The van der Waals surface area contributed by atoms with Gasteiger partial charge in [-0.05, 0) is 32.1 Å². The van der Waals surface area contributed by atoms with Crippen LogP contribution >= 0.6 is 6.72 Å². The predicted octanol–water partition coefficient (Wildman–Crippen LogP) is 5.91. The van der Waals surface area contributed by atoms with Gasteiger partial charge in [0.1, 0.15) is 32.6 Å². The van der Waals surface area contributed by atoms with E-state index < -0.39 is 12.8 Å². The van der Waals surface area contributed by atoms with E-state index in [9.17, 15) is 9.69 Å². The van der Waals surface area contributed by atoms with Gasteiger partial charge in [0.15, 0.2) is 0 Å². The van der Waals surface area contributed by atoms with Gasteiger partial charge in [-0.15, -0.1) is 0 Å².